The van der Waals surface area contributed by atoms with Crippen molar-refractivity contribution >= 4 is 17.6 Å². The van der Waals surface area contributed by atoms with Crippen LogP contribution in [0.25, 0.3) is 5.69 Å². The zero-order valence-corrected chi connectivity index (χ0v) is 17.4. The molecular weight excluding hydrogens is 392 g/mol. The number of benzene rings is 2. The number of ether oxygens (including phenoxy) is 3. The molecule has 2 aromatic carbocycles. The van der Waals surface area contributed by atoms with Crippen molar-refractivity contribution < 1.29 is 19.0 Å². The lowest BCUT2D eigenvalue weighted by atomic mass is 10.1. The summed E-state index contributed by atoms with van der Waals surface area (Å²) >= 11 is 6.47. The molecule has 0 spiro atoms. The van der Waals surface area contributed by atoms with Crippen LogP contribution in [-0.2, 0) is 22.6 Å². The van der Waals surface area contributed by atoms with Crippen molar-refractivity contribution in [1.29, 1.82) is 0 Å². The average Bonchev–Trinajstić information content (AvgIpc) is 3.04. The summed E-state index contributed by atoms with van der Waals surface area (Å²) in [6.45, 7) is 1.93. The molecule has 0 amide bonds. The molecule has 3 rings (SSSR count). The minimum absolute atomic E-state index is 0.0856. The zero-order chi connectivity index (χ0) is 20.8. The number of methoxy groups -OCH3 is 2. The van der Waals surface area contributed by atoms with Gasteiger partial charge in [-0.1, -0.05) is 35.9 Å². The molecule has 6 nitrogen and oxygen atoms in total. The van der Waals surface area contributed by atoms with E-state index >= 15 is 0 Å². The van der Waals surface area contributed by atoms with Gasteiger partial charge in [-0.3, -0.25) is 4.79 Å². The number of hydrogen-bond acceptors (Lipinski definition) is 5. The number of nitrogens with zero attached hydrogens (tertiary/aromatic N) is 2. The van der Waals surface area contributed by atoms with Crippen LogP contribution in [-0.4, -0.2) is 30.0 Å². The van der Waals surface area contributed by atoms with Crippen LogP contribution in [0.2, 0.25) is 5.15 Å². The second-order valence-electron chi connectivity index (χ2n) is 6.45. The molecule has 29 heavy (non-hydrogen) atoms. The van der Waals surface area contributed by atoms with Gasteiger partial charge in [-0.15, -0.1) is 0 Å². The number of aryl methyl sites for hydroxylation is 2. The lowest BCUT2D eigenvalue weighted by molar-refractivity contribution is -0.144. The quantitative estimate of drug-likeness (QED) is 0.507. The summed E-state index contributed by atoms with van der Waals surface area (Å²) in [5.41, 5.74) is 3.25. The molecular formula is C22H23ClN2O4. The molecule has 0 radical (unpaired) electrons. The van der Waals surface area contributed by atoms with Crippen LogP contribution in [0.3, 0.4) is 0 Å². The average molecular weight is 415 g/mol. The number of carbonyl (C=O) groups excluding carboxylic acids is 1. The number of carbonyl (C=O) groups is 1. The minimum Gasteiger partial charge on any atom is -0.493 e. The van der Waals surface area contributed by atoms with Gasteiger partial charge in [0.1, 0.15) is 11.8 Å². The maximum Gasteiger partial charge on any atom is 0.306 e. The fraction of sp³-hybridized carbons (Fsp3) is 0.273. The molecule has 0 aliphatic carbocycles. The van der Waals surface area contributed by atoms with Crippen LogP contribution < -0.4 is 9.47 Å². The second kappa shape index (κ2) is 9.47. The Morgan fingerprint density at radius 3 is 2.48 bits per heavy atom. The van der Waals surface area contributed by atoms with Crippen molar-refractivity contribution in [1.82, 2.24) is 9.78 Å². The third kappa shape index (κ3) is 4.90. The van der Waals surface area contributed by atoms with E-state index in [1.165, 1.54) is 0 Å². The summed E-state index contributed by atoms with van der Waals surface area (Å²) < 4.78 is 17.6. The van der Waals surface area contributed by atoms with Crippen LogP contribution in [0.5, 0.6) is 11.5 Å². The number of halogens is 1. The van der Waals surface area contributed by atoms with Gasteiger partial charge in [0.25, 0.3) is 0 Å². The van der Waals surface area contributed by atoms with Crippen molar-refractivity contribution in [3.8, 4) is 17.2 Å². The molecule has 0 atom stereocenters. The normalized spacial score (nSPS) is 10.6. The summed E-state index contributed by atoms with van der Waals surface area (Å²) in [5.74, 6) is 0.983. The summed E-state index contributed by atoms with van der Waals surface area (Å²) in [4.78, 5) is 12.2. The van der Waals surface area contributed by atoms with Crippen molar-refractivity contribution in [2.45, 2.75) is 26.4 Å². The predicted molar refractivity (Wildman–Crippen MR) is 111 cm³/mol. The molecule has 0 bridgehead atoms. The highest BCUT2D eigenvalue weighted by Gasteiger charge is 2.16. The molecule has 0 saturated heterocycles. The number of hydrogen-bond donors (Lipinski definition) is 0. The van der Waals surface area contributed by atoms with Gasteiger partial charge in [-0.25, -0.2) is 4.68 Å². The van der Waals surface area contributed by atoms with E-state index in [0.717, 1.165) is 16.9 Å². The standard InChI is InChI=1S/C22H23ClN2O4/c1-15-18(22(23)25(24-15)17-7-5-4-6-8-17)14-29-21(26)12-10-16-9-11-19(27-2)20(13-16)28-3/h4-9,11,13H,10,12,14H2,1-3H3. The highest BCUT2D eigenvalue weighted by atomic mass is 35.5. The fourth-order valence-corrected chi connectivity index (χ4v) is 3.27. The van der Waals surface area contributed by atoms with Gasteiger partial charge in [0, 0.05) is 12.0 Å². The van der Waals surface area contributed by atoms with Gasteiger partial charge in [0.15, 0.2) is 11.5 Å². The Balaban J connectivity index is 1.59. The Morgan fingerprint density at radius 1 is 1.07 bits per heavy atom. The van der Waals surface area contributed by atoms with Crippen molar-refractivity contribution in [3.05, 3.63) is 70.5 Å². The summed E-state index contributed by atoms with van der Waals surface area (Å²) in [6.07, 6.45) is 0.786. The largest absolute Gasteiger partial charge is 0.493 e. The van der Waals surface area contributed by atoms with E-state index in [2.05, 4.69) is 5.10 Å². The van der Waals surface area contributed by atoms with E-state index in [4.69, 9.17) is 25.8 Å². The summed E-state index contributed by atoms with van der Waals surface area (Å²) in [6, 6.07) is 15.2. The molecule has 0 unspecified atom stereocenters. The Morgan fingerprint density at radius 2 is 1.79 bits per heavy atom. The molecule has 152 valence electrons. The molecule has 1 aromatic heterocycles. The topological polar surface area (TPSA) is 62.6 Å². The first-order valence-corrected chi connectivity index (χ1v) is 9.57. The number of rotatable bonds is 8. The van der Waals surface area contributed by atoms with Gasteiger partial charge in [0.2, 0.25) is 0 Å². The predicted octanol–water partition coefficient (Wildman–Crippen LogP) is 4.53. The van der Waals surface area contributed by atoms with Crippen molar-refractivity contribution in [3.63, 3.8) is 0 Å². The second-order valence-corrected chi connectivity index (χ2v) is 6.81. The van der Waals surface area contributed by atoms with Crippen molar-refractivity contribution in [2.24, 2.45) is 0 Å². The van der Waals surface area contributed by atoms with Gasteiger partial charge >= 0.3 is 5.97 Å². The molecule has 7 heteroatoms. The highest BCUT2D eigenvalue weighted by Crippen LogP contribution is 2.28. The Kier molecular flexibility index (Phi) is 6.77. The van der Waals surface area contributed by atoms with E-state index < -0.39 is 0 Å². The van der Waals surface area contributed by atoms with E-state index in [9.17, 15) is 4.79 Å². The maximum atomic E-state index is 12.2. The Hall–Kier alpha value is -2.99. The van der Waals surface area contributed by atoms with Crippen molar-refractivity contribution in [2.75, 3.05) is 14.2 Å². The van der Waals surface area contributed by atoms with Gasteiger partial charge in [-0.2, -0.15) is 5.10 Å². The van der Waals surface area contributed by atoms with Crippen LogP contribution in [0.4, 0.5) is 0 Å². The number of para-hydroxylation sites is 1. The molecule has 0 N–H and O–H groups in total. The minimum atomic E-state index is -0.303. The fourth-order valence-electron chi connectivity index (χ4n) is 2.94. The summed E-state index contributed by atoms with van der Waals surface area (Å²) in [7, 11) is 3.17. The van der Waals surface area contributed by atoms with E-state index in [-0.39, 0.29) is 19.0 Å². The monoisotopic (exact) mass is 414 g/mol. The SMILES string of the molecule is COc1ccc(CCC(=O)OCc2c(C)nn(-c3ccccc3)c2Cl)cc1OC. The molecule has 0 aliphatic rings. The van der Waals surface area contributed by atoms with Crippen LogP contribution in [0, 0.1) is 6.92 Å². The molecule has 0 aliphatic heterocycles. The third-order valence-electron chi connectivity index (χ3n) is 4.57. The lowest BCUT2D eigenvalue weighted by Crippen LogP contribution is -2.06. The molecule has 3 aromatic rings. The maximum absolute atomic E-state index is 12.2. The van der Waals surface area contributed by atoms with Crippen LogP contribution in [0.15, 0.2) is 48.5 Å². The zero-order valence-electron chi connectivity index (χ0n) is 16.6. The number of aromatic nitrogens is 2. The van der Waals surface area contributed by atoms with Gasteiger partial charge in [0.05, 0.1) is 25.6 Å². The molecule has 0 fully saturated rings. The highest BCUT2D eigenvalue weighted by molar-refractivity contribution is 6.30. The Labute approximate surface area is 175 Å². The lowest BCUT2D eigenvalue weighted by Gasteiger charge is -2.09. The summed E-state index contributed by atoms with van der Waals surface area (Å²) in [5, 5.41) is 4.90. The van der Waals surface area contributed by atoms with E-state index in [1.807, 2.05) is 55.5 Å². The van der Waals surface area contributed by atoms with Crippen LogP contribution in [0.1, 0.15) is 23.2 Å². The van der Waals surface area contributed by atoms with E-state index in [1.54, 1.807) is 18.9 Å². The first kappa shape index (κ1) is 20.7. The smallest absolute Gasteiger partial charge is 0.306 e. The first-order chi connectivity index (χ1) is 14.0. The Bertz CT molecular complexity index is 986. The van der Waals surface area contributed by atoms with Crippen LogP contribution >= 0.6 is 11.6 Å². The van der Waals surface area contributed by atoms with Gasteiger partial charge < -0.3 is 14.2 Å². The first-order valence-electron chi connectivity index (χ1n) is 9.19. The number of esters is 1. The third-order valence-corrected chi connectivity index (χ3v) is 4.95. The van der Waals surface area contributed by atoms with Gasteiger partial charge in [-0.05, 0) is 43.2 Å². The van der Waals surface area contributed by atoms with E-state index in [0.29, 0.717) is 28.6 Å². The molecule has 0 saturated carbocycles. The molecule has 1 heterocycles.